The standard InChI is InChI=1S/C18H17N5O/c1-3-14-17(12-7-5-4-6-8-12)18-20-15(9-16(24)23(18)21-14)13-10-19-22(2)11-13/h4-11,21H,3H2,1-2H3. The van der Waals surface area contributed by atoms with Crippen molar-refractivity contribution >= 4 is 5.65 Å². The highest BCUT2D eigenvalue weighted by Crippen LogP contribution is 2.28. The zero-order valence-electron chi connectivity index (χ0n) is 13.5. The number of fused-ring (bicyclic) bond motifs is 1. The van der Waals surface area contributed by atoms with Gasteiger partial charge in [-0.3, -0.25) is 14.6 Å². The minimum atomic E-state index is -0.129. The van der Waals surface area contributed by atoms with Crippen LogP contribution < -0.4 is 5.56 Å². The third kappa shape index (κ3) is 2.23. The molecule has 0 unspecified atom stereocenters. The molecule has 0 bridgehead atoms. The monoisotopic (exact) mass is 319 g/mol. The lowest BCUT2D eigenvalue weighted by molar-refractivity contribution is 0.768. The van der Waals surface area contributed by atoms with Crippen LogP contribution in [0, 0.1) is 0 Å². The van der Waals surface area contributed by atoms with Gasteiger partial charge in [0.05, 0.1) is 11.9 Å². The minimum Gasteiger partial charge on any atom is -0.293 e. The fraction of sp³-hybridized carbons (Fsp3) is 0.167. The van der Waals surface area contributed by atoms with Crippen LogP contribution in [0.1, 0.15) is 12.6 Å². The van der Waals surface area contributed by atoms with Crippen LogP contribution in [0.15, 0.2) is 53.6 Å². The lowest BCUT2D eigenvalue weighted by atomic mass is 10.0. The molecule has 0 aliphatic carbocycles. The number of benzene rings is 1. The number of aromatic nitrogens is 5. The van der Waals surface area contributed by atoms with Crippen LogP contribution in [0.25, 0.3) is 28.0 Å². The first-order valence-corrected chi connectivity index (χ1v) is 7.86. The number of hydrogen-bond donors (Lipinski definition) is 1. The van der Waals surface area contributed by atoms with E-state index < -0.39 is 0 Å². The second-order valence-corrected chi connectivity index (χ2v) is 5.73. The van der Waals surface area contributed by atoms with Gasteiger partial charge in [-0.1, -0.05) is 37.3 Å². The van der Waals surface area contributed by atoms with Gasteiger partial charge in [0, 0.05) is 36.1 Å². The summed E-state index contributed by atoms with van der Waals surface area (Å²) in [4.78, 5) is 17.3. The van der Waals surface area contributed by atoms with Crippen molar-refractivity contribution in [1.82, 2.24) is 24.4 Å². The molecular weight excluding hydrogens is 302 g/mol. The van der Waals surface area contributed by atoms with Gasteiger partial charge in [0.1, 0.15) is 0 Å². The molecule has 24 heavy (non-hydrogen) atoms. The molecule has 0 fully saturated rings. The van der Waals surface area contributed by atoms with E-state index in [1.807, 2.05) is 43.6 Å². The molecule has 0 radical (unpaired) electrons. The molecule has 0 amide bonds. The Balaban J connectivity index is 2.04. The predicted octanol–water partition coefficient (Wildman–Crippen LogP) is 2.65. The normalized spacial score (nSPS) is 11.2. The summed E-state index contributed by atoms with van der Waals surface area (Å²) in [5.41, 5.74) is 4.99. The van der Waals surface area contributed by atoms with Crippen LogP contribution in [-0.2, 0) is 13.5 Å². The number of nitrogens with zero attached hydrogens (tertiary/aromatic N) is 4. The maximum Gasteiger partial charge on any atom is 0.273 e. The molecule has 0 aliphatic rings. The van der Waals surface area contributed by atoms with E-state index in [0.29, 0.717) is 11.3 Å². The van der Waals surface area contributed by atoms with Crippen molar-refractivity contribution in [2.75, 3.05) is 0 Å². The minimum absolute atomic E-state index is 0.129. The average Bonchev–Trinajstić information content (AvgIpc) is 3.19. The maximum absolute atomic E-state index is 12.6. The van der Waals surface area contributed by atoms with Crippen molar-refractivity contribution in [3.05, 3.63) is 64.8 Å². The van der Waals surface area contributed by atoms with Crippen LogP contribution >= 0.6 is 0 Å². The van der Waals surface area contributed by atoms with E-state index in [9.17, 15) is 4.79 Å². The molecule has 0 saturated carbocycles. The zero-order valence-corrected chi connectivity index (χ0v) is 13.5. The highest BCUT2D eigenvalue weighted by Gasteiger charge is 2.16. The molecule has 3 aromatic heterocycles. The average molecular weight is 319 g/mol. The van der Waals surface area contributed by atoms with E-state index in [4.69, 9.17) is 4.98 Å². The van der Waals surface area contributed by atoms with Gasteiger partial charge in [-0.2, -0.15) is 5.10 Å². The Kier molecular flexibility index (Phi) is 3.30. The number of aromatic amines is 1. The molecule has 0 atom stereocenters. The lowest BCUT2D eigenvalue weighted by Crippen LogP contribution is -2.14. The summed E-state index contributed by atoms with van der Waals surface area (Å²) in [5, 5.41) is 7.35. The number of hydrogen-bond acceptors (Lipinski definition) is 3. The Hall–Kier alpha value is -3.15. The highest BCUT2D eigenvalue weighted by atomic mass is 16.1. The summed E-state index contributed by atoms with van der Waals surface area (Å²) < 4.78 is 3.21. The van der Waals surface area contributed by atoms with E-state index in [0.717, 1.165) is 28.8 Å². The maximum atomic E-state index is 12.6. The molecular formula is C18H17N5O. The van der Waals surface area contributed by atoms with Gasteiger partial charge in [-0.15, -0.1) is 0 Å². The van der Waals surface area contributed by atoms with Gasteiger partial charge in [-0.05, 0) is 12.0 Å². The summed E-state index contributed by atoms with van der Waals surface area (Å²) in [6.07, 6.45) is 4.36. The van der Waals surface area contributed by atoms with E-state index in [-0.39, 0.29) is 5.56 Å². The van der Waals surface area contributed by atoms with E-state index in [2.05, 4.69) is 17.1 Å². The Morgan fingerprint density at radius 3 is 2.62 bits per heavy atom. The molecule has 0 aliphatic heterocycles. The van der Waals surface area contributed by atoms with Gasteiger partial charge < -0.3 is 0 Å². The SMILES string of the molecule is CCc1[nH]n2c(=O)cc(-c3cnn(C)c3)nc2c1-c1ccccc1. The molecule has 0 spiro atoms. The summed E-state index contributed by atoms with van der Waals surface area (Å²) in [6.45, 7) is 2.06. The molecule has 6 heteroatoms. The number of H-pyrrole nitrogens is 1. The summed E-state index contributed by atoms with van der Waals surface area (Å²) >= 11 is 0. The third-order valence-electron chi connectivity index (χ3n) is 4.11. The van der Waals surface area contributed by atoms with Crippen LogP contribution in [0.4, 0.5) is 0 Å². The molecule has 1 N–H and O–H groups in total. The topological polar surface area (TPSA) is 68.0 Å². The van der Waals surface area contributed by atoms with Crippen molar-refractivity contribution in [2.24, 2.45) is 7.05 Å². The van der Waals surface area contributed by atoms with E-state index in [1.165, 1.54) is 10.6 Å². The van der Waals surface area contributed by atoms with Gasteiger partial charge in [0.15, 0.2) is 5.65 Å². The number of nitrogens with one attached hydrogen (secondary N) is 1. The Morgan fingerprint density at radius 1 is 1.17 bits per heavy atom. The van der Waals surface area contributed by atoms with Crippen LogP contribution in [0.5, 0.6) is 0 Å². The van der Waals surface area contributed by atoms with Gasteiger partial charge in [0.2, 0.25) is 0 Å². The van der Waals surface area contributed by atoms with Crippen LogP contribution in [0.3, 0.4) is 0 Å². The second kappa shape index (κ2) is 5.49. The first kappa shape index (κ1) is 14.4. The van der Waals surface area contributed by atoms with E-state index >= 15 is 0 Å². The molecule has 1 aromatic carbocycles. The summed E-state index contributed by atoms with van der Waals surface area (Å²) in [6, 6.07) is 11.6. The van der Waals surface area contributed by atoms with E-state index in [1.54, 1.807) is 10.9 Å². The molecule has 4 aromatic rings. The molecule has 6 nitrogen and oxygen atoms in total. The van der Waals surface area contributed by atoms with Gasteiger partial charge in [-0.25, -0.2) is 9.50 Å². The largest absolute Gasteiger partial charge is 0.293 e. The van der Waals surface area contributed by atoms with Crippen molar-refractivity contribution in [1.29, 1.82) is 0 Å². The quantitative estimate of drug-likeness (QED) is 0.631. The summed E-state index contributed by atoms with van der Waals surface area (Å²) in [5.74, 6) is 0. The Bertz CT molecular complexity index is 1070. The lowest BCUT2D eigenvalue weighted by Gasteiger charge is -2.02. The summed E-state index contributed by atoms with van der Waals surface area (Å²) in [7, 11) is 1.84. The van der Waals surface area contributed by atoms with Crippen molar-refractivity contribution in [3.63, 3.8) is 0 Å². The smallest absolute Gasteiger partial charge is 0.273 e. The zero-order chi connectivity index (χ0) is 16.7. The second-order valence-electron chi connectivity index (χ2n) is 5.73. The van der Waals surface area contributed by atoms with Crippen molar-refractivity contribution in [2.45, 2.75) is 13.3 Å². The van der Waals surface area contributed by atoms with Gasteiger partial charge in [0.25, 0.3) is 5.56 Å². The fourth-order valence-electron chi connectivity index (χ4n) is 2.95. The molecule has 3 heterocycles. The van der Waals surface area contributed by atoms with Crippen LogP contribution in [0.2, 0.25) is 0 Å². The predicted molar refractivity (Wildman–Crippen MR) is 92.8 cm³/mol. The third-order valence-corrected chi connectivity index (χ3v) is 4.11. The number of aryl methyl sites for hydroxylation is 2. The Morgan fingerprint density at radius 2 is 1.96 bits per heavy atom. The molecule has 120 valence electrons. The highest BCUT2D eigenvalue weighted by molar-refractivity contribution is 5.81. The van der Waals surface area contributed by atoms with Gasteiger partial charge >= 0.3 is 0 Å². The van der Waals surface area contributed by atoms with Crippen LogP contribution in [-0.4, -0.2) is 24.4 Å². The first-order chi connectivity index (χ1) is 11.7. The van der Waals surface area contributed by atoms with Crippen molar-refractivity contribution in [3.8, 4) is 22.4 Å². The molecule has 4 rings (SSSR count). The fourth-order valence-corrected chi connectivity index (χ4v) is 2.95. The molecule has 0 saturated heterocycles. The first-order valence-electron chi connectivity index (χ1n) is 7.86. The Labute approximate surface area is 138 Å². The van der Waals surface area contributed by atoms with Crippen molar-refractivity contribution < 1.29 is 0 Å². The number of rotatable bonds is 3.